The van der Waals surface area contributed by atoms with Crippen molar-refractivity contribution in [3.63, 3.8) is 0 Å². The van der Waals surface area contributed by atoms with Crippen LogP contribution in [-0.4, -0.2) is 31.9 Å². The van der Waals surface area contributed by atoms with E-state index in [9.17, 15) is 0 Å². The van der Waals surface area contributed by atoms with Gasteiger partial charge in [-0.3, -0.25) is 5.41 Å². The van der Waals surface area contributed by atoms with E-state index >= 15 is 0 Å². The van der Waals surface area contributed by atoms with Crippen LogP contribution in [0.2, 0.25) is 0 Å². The Kier molecular flexibility index (Phi) is 11.0. The summed E-state index contributed by atoms with van der Waals surface area (Å²) in [4.78, 5) is 2.19. The minimum absolute atomic E-state index is 0. The van der Waals surface area contributed by atoms with E-state index in [0.29, 0.717) is 19.1 Å². The van der Waals surface area contributed by atoms with Crippen LogP contribution in [0.3, 0.4) is 0 Å². The SMILES string of the molecule is CC.C[N-]c1c(C2CCC3(CC2)OCCO3)sc(-c2ccc(Oc3ccccc3)cc2)c1C(=N)N.[K+]. The maximum atomic E-state index is 8.28. The molecular weight excluding hydrogens is 497 g/mol. The first-order valence-electron chi connectivity index (χ1n) is 12.3. The van der Waals surface area contributed by atoms with Gasteiger partial charge in [0.15, 0.2) is 5.79 Å². The van der Waals surface area contributed by atoms with Gasteiger partial charge in [0.05, 0.1) is 13.2 Å². The molecule has 0 bridgehead atoms. The largest absolute Gasteiger partial charge is 1.00 e. The molecule has 1 aliphatic carbocycles. The van der Waals surface area contributed by atoms with Crippen molar-refractivity contribution in [3.8, 4) is 21.9 Å². The van der Waals surface area contributed by atoms with Crippen LogP contribution >= 0.6 is 11.3 Å². The fourth-order valence-corrected chi connectivity index (χ4v) is 6.27. The molecule has 186 valence electrons. The molecule has 1 saturated heterocycles. The molecule has 6 nitrogen and oxygen atoms in total. The number of nitrogens with zero attached hydrogens (tertiary/aromatic N) is 1. The topological polar surface area (TPSA) is 91.7 Å². The molecule has 2 aliphatic rings. The number of hydrogen-bond donors (Lipinski definition) is 2. The maximum Gasteiger partial charge on any atom is 1.00 e. The van der Waals surface area contributed by atoms with Crippen LogP contribution in [0, 0.1) is 5.41 Å². The first-order chi connectivity index (χ1) is 17.1. The Morgan fingerprint density at radius 1 is 1.00 bits per heavy atom. The van der Waals surface area contributed by atoms with Crippen LogP contribution < -0.4 is 61.9 Å². The number of nitrogen functional groups attached to an aromatic ring is 1. The summed E-state index contributed by atoms with van der Waals surface area (Å²) in [5.74, 6) is 1.58. The van der Waals surface area contributed by atoms with E-state index in [1.54, 1.807) is 18.4 Å². The number of nitrogens with one attached hydrogen (secondary N) is 1. The Bertz CT molecular complexity index is 1120. The molecule has 0 amide bonds. The van der Waals surface area contributed by atoms with Crippen molar-refractivity contribution in [1.82, 2.24) is 0 Å². The third kappa shape index (κ3) is 6.42. The average molecular weight is 532 g/mol. The monoisotopic (exact) mass is 531 g/mol. The predicted octanol–water partition coefficient (Wildman–Crippen LogP) is 4.56. The fraction of sp³-hybridized carbons (Fsp3) is 0.393. The van der Waals surface area contributed by atoms with Gasteiger partial charge < -0.3 is 25.3 Å². The van der Waals surface area contributed by atoms with E-state index in [0.717, 1.165) is 58.9 Å². The standard InChI is InChI=1S/C26H28N3O3S.C2H6.K/c1-29-22-21(25(27)28)23(17-7-9-20(10-8-17)32-19-5-3-2-4-6-19)33-24(22)18-11-13-26(14-12-18)30-15-16-31-26;1-2;/h2-10,18H,11-16H2,1H3,(H3,27,28);1-2H3;/q-1;;+1. The van der Waals surface area contributed by atoms with E-state index < -0.39 is 5.79 Å². The van der Waals surface area contributed by atoms with Gasteiger partial charge >= 0.3 is 51.4 Å². The predicted molar refractivity (Wildman–Crippen MR) is 143 cm³/mol. The van der Waals surface area contributed by atoms with Gasteiger partial charge in [-0.05, 0) is 65.6 Å². The average Bonchev–Trinajstić information content (AvgIpc) is 3.52. The van der Waals surface area contributed by atoms with Crippen molar-refractivity contribution >= 4 is 22.9 Å². The molecule has 1 aromatic heterocycles. The summed E-state index contributed by atoms with van der Waals surface area (Å²) in [6.45, 7) is 5.36. The second kappa shape index (κ2) is 13.5. The molecular formula is C28H34KN3O3S. The maximum absolute atomic E-state index is 8.28. The molecule has 1 spiro atoms. The zero-order valence-electron chi connectivity index (χ0n) is 21.7. The quantitative estimate of drug-likeness (QED) is 0.277. The van der Waals surface area contributed by atoms with Crippen LogP contribution in [-0.2, 0) is 9.47 Å². The van der Waals surface area contributed by atoms with Crippen molar-refractivity contribution in [1.29, 1.82) is 5.41 Å². The van der Waals surface area contributed by atoms with Crippen LogP contribution in [0.5, 0.6) is 11.5 Å². The molecule has 1 aliphatic heterocycles. The van der Waals surface area contributed by atoms with Gasteiger partial charge in [0, 0.05) is 23.3 Å². The first-order valence-corrected chi connectivity index (χ1v) is 13.1. The number of amidine groups is 1. The van der Waals surface area contributed by atoms with Gasteiger partial charge in [-0.15, -0.1) is 24.1 Å². The smallest absolute Gasteiger partial charge is 0.685 e. The summed E-state index contributed by atoms with van der Waals surface area (Å²) in [6, 6.07) is 17.7. The van der Waals surface area contributed by atoms with E-state index in [4.69, 9.17) is 25.4 Å². The summed E-state index contributed by atoms with van der Waals surface area (Å²) in [7, 11) is 1.78. The number of ether oxygens (including phenoxy) is 3. The van der Waals surface area contributed by atoms with Gasteiger partial charge in [0.25, 0.3) is 0 Å². The van der Waals surface area contributed by atoms with E-state index in [1.807, 2.05) is 68.4 Å². The Labute approximate surface area is 260 Å². The summed E-state index contributed by atoms with van der Waals surface area (Å²) in [5.41, 5.74) is 8.65. The van der Waals surface area contributed by atoms with Crippen molar-refractivity contribution < 1.29 is 65.6 Å². The number of rotatable bonds is 6. The fourth-order valence-electron chi connectivity index (χ4n) is 4.80. The van der Waals surface area contributed by atoms with Gasteiger partial charge in [-0.25, -0.2) is 0 Å². The van der Waals surface area contributed by atoms with E-state index in [-0.39, 0.29) is 57.2 Å². The number of para-hydroxylation sites is 1. The number of hydrogen-bond acceptors (Lipinski definition) is 5. The molecule has 5 rings (SSSR count). The third-order valence-electron chi connectivity index (χ3n) is 6.43. The van der Waals surface area contributed by atoms with E-state index in [1.165, 1.54) is 4.88 Å². The summed E-state index contributed by atoms with van der Waals surface area (Å²) >= 11 is 1.70. The van der Waals surface area contributed by atoms with Crippen LogP contribution in [0.25, 0.3) is 15.8 Å². The molecule has 3 N–H and O–H groups in total. The minimum atomic E-state index is -0.391. The molecule has 0 atom stereocenters. The molecule has 1 saturated carbocycles. The molecule has 2 aromatic carbocycles. The first kappa shape index (κ1) is 29.3. The van der Waals surface area contributed by atoms with Crippen molar-refractivity contribution in [2.24, 2.45) is 5.73 Å². The second-order valence-corrected chi connectivity index (χ2v) is 9.53. The van der Waals surface area contributed by atoms with Crippen molar-refractivity contribution in [2.75, 3.05) is 20.3 Å². The minimum Gasteiger partial charge on any atom is -0.685 e. The molecule has 36 heavy (non-hydrogen) atoms. The molecule has 0 radical (unpaired) electrons. The number of thiophene rings is 1. The molecule has 8 heteroatoms. The summed E-state index contributed by atoms with van der Waals surface area (Å²) in [5, 5.41) is 12.9. The molecule has 3 aromatic rings. The van der Waals surface area contributed by atoms with Crippen LogP contribution in [0.1, 0.15) is 55.9 Å². The molecule has 2 heterocycles. The Hall–Kier alpha value is -1.23. The molecule has 0 unspecified atom stereocenters. The van der Waals surface area contributed by atoms with Crippen LogP contribution in [0.4, 0.5) is 5.69 Å². The zero-order valence-corrected chi connectivity index (χ0v) is 25.6. The van der Waals surface area contributed by atoms with E-state index in [2.05, 4.69) is 5.32 Å². The zero-order chi connectivity index (χ0) is 24.8. The van der Waals surface area contributed by atoms with Gasteiger partial charge in [-0.1, -0.05) is 32.0 Å². The van der Waals surface area contributed by atoms with Crippen LogP contribution in [0.15, 0.2) is 54.6 Å². The van der Waals surface area contributed by atoms with Crippen molar-refractivity contribution in [2.45, 2.75) is 51.2 Å². The van der Waals surface area contributed by atoms with Crippen molar-refractivity contribution in [3.05, 3.63) is 70.4 Å². The number of nitrogens with two attached hydrogens (primary N) is 1. The normalized spacial score (nSPS) is 16.5. The Balaban J connectivity index is 0.00000117. The second-order valence-electron chi connectivity index (χ2n) is 8.48. The molecule has 2 fully saturated rings. The van der Waals surface area contributed by atoms with Gasteiger partial charge in [0.1, 0.15) is 17.3 Å². The van der Waals surface area contributed by atoms with Gasteiger partial charge in [-0.2, -0.15) is 0 Å². The van der Waals surface area contributed by atoms with Gasteiger partial charge in [0.2, 0.25) is 0 Å². The summed E-state index contributed by atoms with van der Waals surface area (Å²) < 4.78 is 17.7. The Morgan fingerprint density at radius 2 is 1.58 bits per heavy atom. The summed E-state index contributed by atoms with van der Waals surface area (Å²) in [6.07, 6.45) is 3.72. The number of benzene rings is 2. The Morgan fingerprint density at radius 3 is 2.14 bits per heavy atom. The third-order valence-corrected chi connectivity index (χ3v) is 7.82.